The van der Waals surface area contributed by atoms with Crippen molar-refractivity contribution in [1.82, 2.24) is 0 Å². The molecule has 4 heteroatoms. The molecule has 0 heterocycles. The lowest BCUT2D eigenvalue weighted by atomic mass is 10.1. The van der Waals surface area contributed by atoms with Gasteiger partial charge in [-0.3, -0.25) is 4.79 Å². The van der Waals surface area contributed by atoms with Crippen molar-refractivity contribution in [3.05, 3.63) is 59.7 Å². The van der Waals surface area contributed by atoms with Gasteiger partial charge < -0.3 is 14.4 Å². The second-order valence-corrected chi connectivity index (χ2v) is 5.37. The molecular formula is C20H23NO3. The minimum atomic E-state index is -0.0575. The average Bonchev–Trinajstić information content (AvgIpc) is 2.60. The van der Waals surface area contributed by atoms with Crippen molar-refractivity contribution < 1.29 is 14.3 Å². The first-order valence-corrected chi connectivity index (χ1v) is 7.87. The Morgan fingerprint density at radius 3 is 2.46 bits per heavy atom. The molecule has 0 radical (unpaired) electrons. The summed E-state index contributed by atoms with van der Waals surface area (Å²) in [6.07, 6.45) is 3.36. The van der Waals surface area contributed by atoms with Crippen molar-refractivity contribution in [2.24, 2.45) is 0 Å². The highest BCUT2D eigenvalue weighted by Crippen LogP contribution is 2.28. The van der Waals surface area contributed by atoms with Crippen LogP contribution >= 0.6 is 0 Å². The van der Waals surface area contributed by atoms with Crippen molar-refractivity contribution in [2.75, 3.05) is 25.7 Å². The summed E-state index contributed by atoms with van der Waals surface area (Å²) >= 11 is 0. The molecule has 0 atom stereocenters. The SMILES string of the molecule is CCN(C(=O)/C=C/c1ccc(OC)c(OC)c1)c1cccc(C)c1. The zero-order chi connectivity index (χ0) is 17.5. The topological polar surface area (TPSA) is 38.8 Å². The van der Waals surface area contributed by atoms with Gasteiger partial charge in [-0.15, -0.1) is 0 Å². The summed E-state index contributed by atoms with van der Waals surface area (Å²) in [7, 11) is 3.19. The Morgan fingerprint density at radius 1 is 1.08 bits per heavy atom. The second-order valence-electron chi connectivity index (χ2n) is 5.37. The van der Waals surface area contributed by atoms with E-state index in [1.165, 1.54) is 0 Å². The lowest BCUT2D eigenvalue weighted by Crippen LogP contribution is -2.28. The van der Waals surface area contributed by atoms with Gasteiger partial charge in [-0.1, -0.05) is 18.2 Å². The van der Waals surface area contributed by atoms with E-state index in [2.05, 4.69) is 0 Å². The predicted molar refractivity (Wildman–Crippen MR) is 97.8 cm³/mol. The fourth-order valence-electron chi connectivity index (χ4n) is 2.48. The number of hydrogen-bond acceptors (Lipinski definition) is 3. The van der Waals surface area contributed by atoms with Gasteiger partial charge in [0, 0.05) is 18.3 Å². The molecule has 2 aromatic rings. The van der Waals surface area contributed by atoms with Crippen LogP contribution in [-0.2, 0) is 4.79 Å². The van der Waals surface area contributed by atoms with Gasteiger partial charge in [0.2, 0.25) is 0 Å². The van der Waals surface area contributed by atoms with Gasteiger partial charge in [0.15, 0.2) is 11.5 Å². The molecule has 0 spiro atoms. The van der Waals surface area contributed by atoms with Gasteiger partial charge in [0.1, 0.15) is 0 Å². The summed E-state index contributed by atoms with van der Waals surface area (Å²) in [5.41, 5.74) is 2.91. The number of nitrogens with zero attached hydrogens (tertiary/aromatic N) is 1. The van der Waals surface area contributed by atoms with Crippen LogP contribution in [0.25, 0.3) is 6.08 Å². The monoisotopic (exact) mass is 325 g/mol. The normalized spacial score (nSPS) is 10.7. The average molecular weight is 325 g/mol. The van der Waals surface area contributed by atoms with E-state index >= 15 is 0 Å². The van der Waals surface area contributed by atoms with Crippen LogP contribution < -0.4 is 14.4 Å². The standard InChI is InChI=1S/C20H23NO3/c1-5-21(17-8-6-7-15(2)13-17)20(22)12-10-16-9-11-18(23-3)19(14-16)24-4/h6-14H,5H2,1-4H3/b12-10+. The number of rotatable bonds is 6. The van der Waals surface area contributed by atoms with E-state index in [0.29, 0.717) is 18.0 Å². The molecule has 1 amide bonds. The largest absolute Gasteiger partial charge is 0.493 e. The van der Waals surface area contributed by atoms with E-state index in [-0.39, 0.29) is 5.91 Å². The molecule has 4 nitrogen and oxygen atoms in total. The summed E-state index contributed by atoms with van der Waals surface area (Å²) in [5.74, 6) is 1.24. The molecule has 0 unspecified atom stereocenters. The molecule has 0 aliphatic heterocycles. The number of ether oxygens (including phenoxy) is 2. The Morgan fingerprint density at radius 2 is 1.83 bits per heavy atom. The number of methoxy groups -OCH3 is 2. The second kappa shape index (κ2) is 8.20. The molecule has 0 fully saturated rings. The predicted octanol–water partition coefficient (Wildman–Crippen LogP) is 4.08. The highest BCUT2D eigenvalue weighted by atomic mass is 16.5. The van der Waals surface area contributed by atoms with E-state index in [0.717, 1.165) is 16.8 Å². The van der Waals surface area contributed by atoms with Crippen molar-refractivity contribution in [3.8, 4) is 11.5 Å². The zero-order valence-corrected chi connectivity index (χ0v) is 14.6. The zero-order valence-electron chi connectivity index (χ0n) is 14.6. The number of carbonyl (C=O) groups is 1. The van der Waals surface area contributed by atoms with Gasteiger partial charge in [-0.2, -0.15) is 0 Å². The molecule has 0 N–H and O–H groups in total. The maximum atomic E-state index is 12.5. The van der Waals surface area contributed by atoms with Crippen LogP contribution in [-0.4, -0.2) is 26.7 Å². The van der Waals surface area contributed by atoms with Crippen LogP contribution in [0.2, 0.25) is 0 Å². The highest BCUT2D eigenvalue weighted by molar-refractivity contribution is 6.03. The van der Waals surface area contributed by atoms with Gasteiger partial charge in [-0.05, 0) is 55.3 Å². The fraction of sp³-hybridized carbons (Fsp3) is 0.250. The molecule has 126 valence electrons. The quantitative estimate of drug-likeness (QED) is 0.751. The third kappa shape index (κ3) is 4.16. The highest BCUT2D eigenvalue weighted by Gasteiger charge is 2.11. The van der Waals surface area contributed by atoms with Crippen LogP contribution in [0, 0.1) is 6.92 Å². The number of likely N-dealkylation sites (N-methyl/N-ethyl adjacent to an activating group) is 1. The first kappa shape index (κ1) is 17.6. The molecule has 2 aromatic carbocycles. The first-order chi connectivity index (χ1) is 11.6. The molecule has 0 aliphatic carbocycles. The number of anilines is 1. The lowest BCUT2D eigenvalue weighted by Gasteiger charge is -2.19. The first-order valence-electron chi connectivity index (χ1n) is 7.87. The third-order valence-electron chi connectivity index (χ3n) is 3.72. The Kier molecular flexibility index (Phi) is 6.01. The molecule has 0 saturated heterocycles. The summed E-state index contributed by atoms with van der Waals surface area (Å²) in [6, 6.07) is 13.5. The smallest absolute Gasteiger partial charge is 0.250 e. The van der Waals surface area contributed by atoms with Crippen molar-refractivity contribution in [3.63, 3.8) is 0 Å². The van der Waals surface area contributed by atoms with Crippen LogP contribution in [0.4, 0.5) is 5.69 Å². The molecular weight excluding hydrogens is 302 g/mol. The summed E-state index contributed by atoms with van der Waals surface area (Å²) < 4.78 is 10.5. The molecule has 2 rings (SSSR count). The number of hydrogen-bond donors (Lipinski definition) is 0. The summed E-state index contributed by atoms with van der Waals surface area (Å²) in [5, 5.41) is 0. The minimum Gasteiger partial charge on any atom is -0.493 e. The van der Waals surface area contributed by atoms with Crippen LogP contribution in [0.3, 0.4) is 0 Å². The van der Waals surface area contributed by atoms with E-state index in [9.17, 15) is 4.79 Å². The molecule has 0 saturated carbocycles. The molecule has 0 aromatic heterocycles. The third-order valence-corrected chi connectivity index (χ3v) is 3.72. The van der Waals surface area contributed by atoms with Crippen LogP contribution in [0.1, 0.15) is 18.1 Å². The molecule has 0 bridgehead atoms. The van der Waals surface area contributed by atoms with E-state index in [1.54, 1.807) is 31.3 Å². The number of aryl methyl sites for hydroxylation is 1. The van der Waals surface area contributed by atoms with Crippen molar-refractivity contribution >= 4 is 17.7 Å². The summed E-state index contributed by atoms with van der Waals surface area (Å²) in [4.78, 5) is 14.3. The Labute approximate surface area is 143 Å². The van der Waals surface area contributed by atoms with E-state index in [4.69, 9.17) is 9.47 Å². The maximum Gasteiger partial charge on any atom is 0.250 e. The minimum absolute atomic E-state index is 0.0575. The van der Waals surface area contributed by atoms with Crippen LogP contribution in [0.15, 0.2) is 48.5 Å². The number of benzene rings is 2. The Balaban J connectivity index is 2.19. The summed E-state index contributed by atoms with van der Waals surface area (Å²) in [6.45, 7) is 4.59. The van der Waals surface area contributed by atoms with Gasteiger partial charge in [0.25, 0.3) is 5.91 Å². The molecule has 0 aliphatic rings. The van der Waals surface area contributed by atoms with Crippen molar-refractivity contribution in [1.29, 1.82) is 0 Å². The van der Waals surface area contributed by atoms with Gasteiger partial charge in [-0.25, -0.2) is 0 Å². The van der Waals surface area contributed by atoms with Crippen LogP contribution in [0.5, 0.6) is 11.5 Å². The molecule has 24 heavy (non-hydrogen) atoms. The van der Waals surface area contributed by atoms with Gasteiger partial charge >= 0.3 is 0 Å². The van der Waals surface area contributed by atoms with Gasteiger partial charge in [0.05, 0.1) is 14.2 Å². The Hall–Kier alpha value is -2.75. The number of amides is 1. The number of carbonyl (C=O) groups excluding carboxylic acids is 1. The lowest BCUT2D eigenvalue weighted by molar-refractivity contribution is -0.114. The van der Waals surface area contributed by atoms with E-state index in [1.807, 2.05) is 56.3 Å². The maximum absolute atomic E-state index is 12.5. The van der Waals surface area contributed by atoms with E-state index < -0.39 is 0 Å². The van der Waals surface area contributed by atoms with Crippen molar-refractivity contribution in [2.45, 2.75) is 13.8 Å². The Bertz CT molecular complexity index is 737. The fourth-order valence-corrected chi connectivity index (χ4v) is 2.48.